The van der Waals surface area contributed by atoms with Gasteiger partial charge in [-0.1, -0.05) is 53.9 Å². The molecule has 0 unspecified atom stereocenters. The lowest BCUT2D eigenvalue weighted by Gasteiger charge is -2.40. The molecular formula is C21H25Cl2N3OS. The van der Waals surface area contributed by atoms with Crippen LogP contribution in [0.25, 0.3) is 0 Å². The third-order valence-electron chi connectivity index (χ3n) is 6.14. The van der Waals surface area contributed by atoms with Crippen LogP contribution in [0.15, 0.2) is 28.1 Å². The maximum Gasteiger partial charge on any atom is 0.153 e. The van der Waals surface area contributed by atoms with Crippen LogP contribution in [0.4, 0.5) is 5.82 Å². The lowest BCUT2D eigenvalue weighted by atomic mass is 9.77. The Hall–Kier alpha value is -1.01. The number of benzene rings is 1. The Balaban J connectivity index is 1.57. The van der Waals surface area contributed by atoms with Crippen LogP contribution in [0.5, 0.6) is 0 Å². The van der Waals surface area contributed by atoms with Gasteiger partial charge < -0.3 is 10.0 Å². The molecule has 2 fully saturated rings. The SMILES string of the molecule is Cc1nc(N2CCC3(CCCC3)CC2)c(CO)nc1Sc1cccc(Cl)c1Cl. The molecule has 1 aliphatic heterocycles. The average Bonchev–Trinajstić information content (AvgIpc) is 3.15. The van der Waals surface area contributed by atoms with Gasteiger partial charge in [-0.05, 0) is 50.2 Å². The number of nitrogens with zero attached hydrogens (tertiary/aromatic N) is 3. The van der Waals surface area contributed by atoms with Crippen LogP contribution in [0.3, 0.4) is 0 Å². The summed E-state index contributed by atoms with van der Waals surface area (Å²) in [5, 5.41) is 11.7. The summed E-state index contributed by atoms with van der Waals surface area (Å²) in [6.45, 7) is 3.82. The number of hydrogen-bond donors (Lipinski definition) is 1. The predicted molar refractivity (Wildman–Crippen MR) is 116 cm³/mol. The van der Waals surface area contributed by atoms with Gasteiger partial charge in [0.25, 0.3) is 0 Å². The molecule has 1 aliphatic carbocycles. The fourth-order valence-corrected chi connectivity index (χ4v) is 5.84. The molecule has 0 radical (unpaired) electrons. The van der Waals surface area contributed by atoms with Crippen molar-refractivity contribution in [3.63, 3.8) is 0 Å². The second-order valence-corrected chi connectivity index (χ2v) is 9.71. The van der Waals surface area contributed by atoms with Crippen molar-refractivity contribution in [3.8, 4) is 0 Å². The van der Waals surface area contributed by atoms with Crippen LogP contribution >= 0.6 is 35.0 Å². The van der Waals surface area contributed by atoms with E-state index >= 15 is 0 Å². The number of halogens is 2. The van der Waals surface area contributed by atoms with Crippen LogP contribution < -0.4 is 4.90 Å². The van der Waals surface area contributed by atoms with E-state index in [-0.39, 0.29) is 6.61 Å². The molecule has 1 aromatic heterocycles. The number of aromatic nitrogens is 2. The third-order valence-corrected chi connectivity index (χ3v) is 8.21. The summed E-state index contributed by atoms with van der Waals surface area (Å²) in [6.07, 6.45) is 7.92. The highest BCUT2D eigenvalue weighted by molar-refractivity contribution is 7.99. The number of rotatable bonds is 4. The number of piperidine rings is 1. The molecule has 1 N–H and O–H groups in total. The second-order valence-electron chi connectivity index (χ2n) is 7.89. The fourth-order valence-electron chi connectivity index (χ4n) is 4.47. The van der Waals surface area contributed by atoms with Gasteiger partial charge in [-0.2, -0.15) is 0 Å². The predicted octanol–water partition coefficient (Wildman–Crippen LogP) is 5.90. The zero-order valence-corrected chi connectivity index (χ0v) is 18.4. The monoisotopic (exact) mass is 437 g/mol. The second kappa shape index (κ2) is 8.39. The highest BCUT2D eigenvalue weighted by Crippen LogP contribution is 2.47. The average molecular weight is 438 g/mol. The molecule has 4 rings (SSSR count). The lowest BCUT2D eigenvalue weighted by molar-refractivity contribution is 0.224. The molecule has 150 valence electrons. The van der Waals surface area contributed by atoms with Gasteiger partial charge in [0, 0.05) is 18.0 Å². The highest BCUT2D eigenvalue weighted by Gasteiger charge is 2.37. The number of aliphatic hydroxyl groups excluding tert-OH is 1. The molecule has 1 spiro atoms. The first-order valence-corrected chi connectivity index (χ1v) is 11.4. The Morgan fingerprint density at radius 3 is 2.50 bits per heavy atom. The summed E-state index contributed by atoms with van der Waals surface area (Å²) >= 11 is 13.9. The van der Waals surface area contributed by atoms with Crippen molar-refractivity contribution in [2.45, 2.75) is 62.0 Å². The van der Waals surface area contributed by atoms with Crippen molar-refractivity contribution in [1.82, 2.24) is 9.97 Å². The Kier molecular flexibility index (Phi) is 6.07. The first-order chi connectivity index (χ1) is 13.5. The quantitative estimate of drug-likeness (QED) is 0.645. The van der Waals surface area contributed by atoms with E-state index in [9.17, 15) is 5.11 Å². The summed E-state index contributed by atoms with van der Waals surface area (Å²) in [5.74, 6) is 0.828. The van der Waals surface area contributed by atoms with E-state index in [1.54, 1.807) is 6.07 Å². The summed E-state index contributed by atoms with van der Waals surface area (Å²) in [5.41, 5.74) is 2.03. The first kappa shape index (κ1) is 20.3. The van der Waals surface area contributed by atoms with Crippen molar-refractivity contribution >= 4 is 40.8 Å². The molecule has 1 saturated carbocycles. The van der Waals surface area contributed by atoms with Crippen LogP contribution in [-0.4, -0.2) is 28.2 Å². The van der Waals surface area contributed by atoms with Crippen molar-refractivity contribution in [2.24, 2.45) is 5.41 Å². The Labute approximate surface area is 180 Å². The van der Waals surface area contributed by atoms with Crippen molar-refractivity contribution in [1.29, 1.82) is 0 Å². The van der Waals surface area contributed by atoms with Crippen LogP contribution in [0, 0.1) is 12.3 Å². The first-order valence-electron chi connectivity index (χ1n) is 9.86. The van der Waals surface area contributed by atoms with E-state index in [0.717, 1.165) is 34.5 Å². The minimum absolute atomic E-state index is 0.124. The minimum atomic E-state index is -0.124. The van der Waals surface area contributed by atoms with E-state index in [4.69, 9.17) is 33.2 Å². The normalized spacial score (nSPS) is 18.8. The van der Waals surface area contributed by atoms with Gasteiger partial charge in [0.2, 0.25) is 0 Å². The van der Waals surface area contributed by atoms with E-state index in [1.807, 2.05) is 19.1 Å². The van der Waals surface area contributed by atoms with E-state index in [1.165, 1.54) is 50.3 Å². The smallest absolute Gasteiger partial charge is 0.153 e. The van der Waals surface area contributed by atoms with Gasteiger partial charge in [0.05, 0.1) is 22.3 Å². The van der Waals surface area contributed by atoms with Gasteiger partial charge in [-0.15, -0.1) is 0 Å². The van der Waals surface area contributed by atoms with Gasteiger partial charge >= 0.3 is 0 Å². The molecule has 7 heteroatoms. The molecule has 0 bridgehead atoms. The largest absolute Gasteiger partial charge is 0.390 e. The van der Waals surface area contributed by atoms with Crippen molar-refractivity contribution < 1.29 is 5.11 Å². The molecular weight excluding hydrogens is 413 g/mol. The summed E-state index contributed by atoms with van der Waals surface area (Å²) in [7, 11) is 0. The summed E-state index contributed by atoms with van der Waals surface area (Å²) in [4.78, 5) is 12.7. The molecule has 2 aromatic rings. The van der Waals surface area contributed by atoms with Crippen molar-refractivity contribution in [3.05, 3.63) is 39.6 Å². The summed E-state index contributed by atoms with van der Waals surface area (Å²) in [6, 6.07) is 5.55. The number of anilines is 1. The van der Waals surface area contributed by atoms with E-state index < -0.39 is 0 Å². The van der Waals surface area contributed by atoms with Crippen LogP contribution in [-0.2, 0) is 6.61 Å². The lowest BCUT2D eigenvalue weighted by Crippen LogP contribution is -2.40. The molecule has 2 heterocycles. The fraction of sp³-hybridized carbons (Fsp3) is 0.524. The number of aliphatic hydroxyl groups is 1. The zero-order chi connectivity index (χ0) is 19.7. The van der Waals surface area contributed by atoms with Gasteiger partial charge in [0.15, 0.2) is 5.82 Å². The van der Waals surface area contributed by atoms with Gasteiger partial charge in [-0.25, -0.2) is 9.97 Å². The van der Waals surface area contributed by atoms with E-state index in [2.05, 4.69) is 4.90 Å². The molecule has 4 nitrogen and oxygen atoms in total. The maximum absolute atomic E-state index is 9.95. The zero-order valence-electron chi connectivity index (χ0n) is 16.0. The molecule has 0 amide bonds. The van der Waals surface area contributed by atoms with E-state index in [0.29, 0.717) is 21.2 Å². The number of hydrogen-bond acceptors (Lipinski definition) is 5. The number of aryl methyl sites for hydroxylation is 1. The van der Waals surface area contributed by atoms with Crippen LogP contribution in [0.2, 0.25) is 10.0 Å². The Morgan fingerprint density at radius 1 is 1.11 bits per heavy atom. The molecule has 2 aliphatic rings. The standard InChI is InChI=1S/C21H25Cl2N3OS/c1-14-20(28-17-6-4-5-15(22)18(17)23)25-16(13-27)19(24-14)26-11-9-21(10-12-26)7-2-3-8-21/h4-6,27H,2-3,7-13H2,1H3. The van der Waals surface area contributed by atoms with Gasteiger partial charge in [0.1, 0.15) is 10.7 Å². The maximum atomic E-state index is 9.95. The Morgan fingerprint density at radius 2 is 1.82 bits per heavy atom. The minimum Gasteiger partial charge on any atom is -0.390 e. The van der Waals surface area contributed by atoms with Crippen molar-refractivity contribution in [2.75, 3.05) is 18.0 Å². The topological polar surface area (TPSA) is 49.2 Å². The highest BCUT2D eigenvalue weighted by atomic mass is 35.5. The third kappa shape index (κ3) is 4.00. The Bertz CT molecular complexity index is 861. The molecule has 28 heavy (non-hydrogen) atoms. The molecule has 0 atom stereocenters. The molecule has 1 saturated heterocycles. The van der Waals surface area contributed by atoms with Gasteiger partial charge in [-0.3, -0.25) is 0 Å². The molecule has 1 aromatic carbocycles. The van der Waals surface area contributed by atoms with Crippen LogP contribution in [0.1, 0.15) is 49.9 Å². The summed E-state index contributed by atoms with van der Waals surface area (Å²) < 4.78 is 0.